The predicted molar refractivity (Wildman–Crippen MR) is 104 cm³/mol. The first kappa shape index (κ1) is 18.7. The molecule has 0 saturated heterocycles. The number of pyridine rings is 1. The van der Waals surface area contributed by atoms with Crippen LogP contribution in [0.25, 0.3) is 11.3 Å². The van der Waals surface area contributed by atoms with Crippen molar-refractivity contribution in [3.63, 3.8) is 0 Å². The summed E-state index contributed by atoms with van der Waals surface area (Å²) in [6, 6.07) is 9.37. The Morgan fingerprint density at radius 2 is 1.50 bits per heavy atom. The Morgan fingerprint density at radius 3 is 2.04 bits per heavy atom. The molecule has 0 bridgehead atoms. The topological polar surface area (TPSA) is 3.88 Å². The summed E-state index contributed by atoms with van der Waals surface area (Å²) in [5, 5.41) is 0. The lowest BCUT2D eigenvalue weighted by atomic mass is 9.81. The Balaban J connectivity index is 2.61. The molecule has 0 aliphatic heterocycles. The van der Waals surface area contributed by atoms with Crippen molar-refractivity contribution < 1.29 is 4.57 Å². The first-order valence-electron chi connectivity index (χ1n) is 8.99. The number of hydrogen-bond donors (Lipinski definition) is 0. The van der Waals surface area contributed by atoms with E-state index in [-0.39, 0.29) is 5.41 Å². The van der Waals surface area contributed by atoms with Crippen molar-refractivity contribution in [2.24, 2.45) is 12.5 Å². The van der Waals surface area contributed by atoms with E-state index in [1.807, 2.05) is 0 Å². The third kappa shape index (κ3) is 4.26. The van der Waals surface area contributed by atoms with Gasteiger partial charge in [0.1, 0.15) is 7.05 Å². The largest absolute Gasteiger partial charge is 0.212 e. The smallest absolute Gasteiger partial charge is 0.201 e. The summed E-state index contributed by atoms with van der Waals surface area (Å²) in [6.07, 6.45) is 3.30. The van der Waals surface area contributed by atoms with Crippen molar-refractivity contribution in [1.29, 1.82) is 0 Å². The van der Waals surface area contributed by atoms with Gasteiger partial charge in [0.2, 0.25) is 5.69 Å². The monoisotopic (exact) mass is 324 g/mol. The van der Waals surface area contributed by atoms with Gasteiger partial charge in [-0.25, -0.2) is 4.57 Å². The van der Waals surface area contributed by atoms with Crippen molar-refractivity contribution in [2.75, 3.05) is 0 Å². The molecule has 1 nitrogen and oxygen atoms in total. The third-order valence-corrected chi connectivity index (χ3v) is 4.60. The summed E-state index contributed by atoms with van der Waals surface area (Å²) in [4.78, 5) is 0. The molecule has 2 rings (SSSR count). The summed E-state index contributed by atoms with van der Waals surface area (Å²) in [5.74, 6) is 0. The Bertz CT molecular complexity index is 740. The number of nitrogens with zero attached hydrogens (tertiary/aromatic N) is 1. The van der Waals surface area contributed by atoms with Crippen molar-refractivity contribution in [1.82, 2.24) is 0 Å². The standard InChI is InChI=1S/C23H34N/c1-16-12-17(2)20(23(6,7)8)14-19(16)21-13-18(10-11-24(21)9)15-22(3,4)5/h10-14H,15H2,1-9H3/q+1. The van der Waals surface area contributed by atoms with Crippen LogP contribution in [0.4, 0.5) is 0 Å². The summed E-state index contributed by atoms with van der Waals surface area (Å²) in [5.41, 5.74) is 8.70. The lowest BCUT2D eigenvalue weighted by Crippen LogP contribution is -2.31. The number of rotatable bonds is 2. The lowest BCUT2D eigenvalue weighted by molar-refractivity contribution is -0.660. The highest BCUT2D eigenvalue weighted by atomic mass is 14.9. The molecule has 24 heavy (non-hydrogen) atoms. The lowest BCUT2D eigenvalue weighted by Gasteiger charge is -2.23. The quantitative estimate of drug-likeness (QED) is 0.626. The molecular weight excluding hydrogens is 290 g/mol. The van der Waals surface area contributed by atoms with Crippen LogP contribution in [0.5, 0.6) is 0 Å². The average Bonchev–Trinajstić information content (AvgIpc) is 2.38. The normalized spacial score (nSPS) is 12.5. The average molecular weight is 325 g/mol. The van der Waals surface area contributed by atoms with Gasteiger partial charge in [0.15, 0.2) is 6.20 Å². The minimum Gasteiger partial charge on any atom is -0.201 e. The van der Waals surface area contributed by atoms with E-state index in [9.17, 15) is 0 Å². The number of aryl methyl sites for hydroxylation is 3. The summed E-state index contributed by atoms with van der Waals surface area (Å²) in [6.45, 7) is 18.2. The highest BCUT2D eigenvalue weighted by Crippen LogP contribution is 2.32. The maximum absolute atomic E-state index is 2.40. The molecule has 0 saturated carbocycles. The number of hydrogen-bond acceptors (Lipinski definition) is 0. The van der Waals surface area contributed by atoms with E-state index in [0.29, 0.717) is 5.41 Å². The number of aromatic nitrogens is 1. The van der Waals surface area contributed by atoms with Gasteiger partial charge in [-0.3, -0.25) is 0 Å². The maximum Gasteiger partial charge on any atom is 0.212 e. The zero-order chi connectivity index (χ0) is 18.3. The zero-order valence-corrected chi connectivity index (χ0v) is 17.0. The Morgan fingerprint density at radius 1 is 0.875 bits per heavy atom. The van der Waals surface area contributed by atoms with Crippen molar-refractivity contribution in [2.45, 2.75) is 67.2 Å². The van der Waals surface area contributed by atoms with Crippen molar-refractivity contribution in [3.8, 4) is 11.3 Å². The van der Waals surface area contributed by atoms with E-state index >= 15 is 0 Å². The zero-order valence-electron chi connectivity index (χ0n) is 17.0. The maximum atomic E-state index is 2.40. The molecule has 1 aromatic carbocycles. The first-order valence-corrected chi connectivity index (χ1v) is 8.99. The van der Waals surface area contributed by atoms with Gasteiger partial charge in [0, 0.05) is 17.7 Å². The molecular formula is C23H34N+. The van der Waals surface area contributed by atoms with Gasteiger partial charge in [-0.05, 0) is 59.4 Å². The molecule has 0 aliphatic rings. The Kier molecular flexibility index (Phi) is 4.95. The summed E-state index contributed by atoms with van der Waals surface area (Å²) < 4.78 is 2.25. The van der Waals surface area contributed by atoms with Crippen LogP contribution >= 0.6 is 0 Å². The molecule has 0 unspecified atom stereocenters. The van der Waals surface area contributed by atoms with Crippen LogP contribution < -0.4 is 4.57 Å². The Labute approximate surface area is 148 Å². The second-order valence-electron chi connectivity index (χ2n) is 9.50. The predicted octanol–water partition coefficient (Wildman–Crippen LogP) is 5.68. The second-order valence-corrected chi connectivity index (χ2v) is 9.50. The fourth-order valence-corrected chi connectivity index (χ4v) is 3.54. The van der Waals surface area contributed by atoms with Gasteiger partial charge in [0.25, 0.3) is 0 Å². The van der Waals surface area contributed by atoms with E-state index in [2.05, 4.69) is 97.5 Å². The molecule has 1 heterocycles. The van der Waals surface area contributed by atoms with E-state index in [4.69, 9.17) is 0 Å². The fourth-order valence-electron chi connectivity index (χ4n) is 3.54. The Hall–Kier alpha value is -1.63. The van der Waals surface area contributed by atoms with Crippen LogP contribution in [0.2, 0.25) is 0 Å². The minimum atomic E-state index is 0.161. The van der Waals surface area contributed by atoms with Crippen LogP contribution in [0.1, 0.15) is 63.8 Å². The van der Waals surface area contributed by atoms with E-state index in [1.54, 1.807) is 0 Å². The fraction of sp³-hybridized carbons (Fsp3) is 0.522. The number of benzene rings is 1. The van der Waals surface area contributed by atoms with Crippen LogP contribution in [0, 0.1) is 19.3 Å². The van der Waals surface area contributed by atoms with Gasteiger partial charge < -0.3 is 0 Å². The highest BCUT2D eigenvalue weighted by Gasteiger charge is 2.22. The van der Waals surface area contributed by atoms with Gasteiger partial charge in [-0.15, -0.1) is 0 Å². The molecule has 0 fully saturated rings. The molecule has 1 aromatic heterocycles. The van der Waals surface area contributed by atoms with Gasteiger partial charge >= 0.3 is 0 Å². The third-order valence-electron chi connectivity index (χ3n) is 4.60. The van der Waals surface area contributed by atoms with E-state index in [1.165, 1.54) is 33.5 Å². The molecule has 2 aromatic rings. The van der Waals surface area contributed by atoms with Gasteiger partial charge in [-0.2, -0.15) is 0 Å². The summed E-state index contributed by atoms with van der Waals surface area (Å²) >= 11 is 0. The highest BCUT2D eigenvalue weighted by molar-refractivity contribution is 5.64. The minimum absolute atomic E-state index is 0.161. The summed E-state index contributed by atoms with van der Waals surface area (Å²) in [7, 11) is 2.15. The van der Waals surface area contributed by atoms with Crippen molar-refractivity contribution in [3.05, 3.63) is 52.7 Å². The van der Waals surface area contributed by atoms with Gasteiger partial charge in [0.05, 0.1) is 0 Å². The van der Waals surface area contributed by atoms with Gasteiger partial charge in [-0.1, -0.05) is 47.6 Å². The molecule has 0 N–H and O–H groups in total. The van der Waals surface area contributed by atoms with Crippen molar-refractivity contribution >= 4 is 0 Å². The van der Waals surface area contributed by atoms with Crippen LogP contribution in [-0.2, 0) is 18.9 Å². The SMILES string of the molecule is Cc1cc(C)c(C(C)(C)C)cc1-c1cc(CC(C)(C)C)cc[n+]1C. The molecule has 0 atom stereocenters. The molecule has 1 heteroatoms. The van der Waals surface area contributed by atoms with Crippen LogP contribution in [-0.4, -0.2) is 0 Å². The van der Waals surface area contributed by atoms with Crippen LogP contribution in [0.3, 0.4) is 0 Å². The molecule has 0 amide bonds. The second kappa shape index (κ2) is 6.35. The molecule has 0 spiro atoms. The van der Waals surface area contributed by atoms with E-state index in [0.717, 1.165) is 6.42 Å². The molecule has 0 radical (unpaired) electrons. The van der Waals surface area contributed by atoms with E-state index < -0.39 is 0 Å². The molecule has 0 aliphatic carbocycles. The molecule has 130 valence electrons. The van der Waals surface area contributed by atoms with Crippen LogP contribution in [0.15, 0.2) is 30.5 Å². The first-order chi connectivity index (χ1) is 10.9.